The fourth-order valence-corrected chi connectivity index (χ4v) is 2.83. The number of carbonyl (C=O) groups is 1. The summed E-state index contributed by atoms with van der Waals surface area (Å²) in [6.07, 6.45) is 4.64. The number of halogens is 1. The maximum Gasteiger partial charge on any atom is 0.225 e. The van der Waals surface area contributed by atoms with E-state index in [1.54, 1.807) is 12.1 Å². The van der Waals surface area contributed by atoms with Crippen LogP contribution in [0, 0.1) is 5.82 Å². The van der Waals surface area contributed by atoms with E-state index >= 15 is 0 Å². The molecule has 1 amide bonds. The number of aliphatic hydroxyl groups excluding tert-OH is 1. The number of hydrogen-bond donors (Lipinski definition) is 2. The molecule has 0 aromatic heterocycles. The number of aliphatic hydroxyl groups is 1. The van der Waals surface area contributed by atoms with Crippen LogP contribution in [-0.4, -0.2) is 41.7 Å². The van der Waals surface area contributed by atoms with Crippen molar-refractivity contribution in [3.63, 3.8) is 0 Å². The Labute approximate surface area is 125 Å². The van der Waals surface area contributed by atoms with Crippen LogP contribution in [0.1, 0.15) is 32.1 Å². The number of hydrogen-bond acceptors (Lipinski definition) is 3. The maximum absolute atomic E-state index is 12.8. The first kappa shape index (κ1) is 15.9. The number of nitrogens with one attached hydrogen (secondary N) is 1. The second-order valence-corrected chi connectivity index (χ2v) is 5.50. The van der Waals surface area contributed by atoms with Gasteiger partial charge in [0, 0.05) is 31.3 Å². The van der Waals surface area contributed by atoms with Gasteiger partial charge >= 0.3 is 0 Å². The molecule has 1 aromatic carbocycles. The zero-order valence-electron chi connectivity index (χ0n) is 12.2. The molecule has 0 bridgehead atoms. The minimum absolute atomic E-state index is 0.0602. The van der Waals surface area contributed by atoms with Crippen LogP contribution in [0.2, 0.25) is 0 Å². The molecule has 1 aromatic rings. The first-order chi connectivity index (χ1) is 10.2. The summed E-state index contributed by atoms with van der Waals surface area (Å²) in [5.41, 5.74) is 0.618. The second kappa shape index (κ2) is 8.10. The molecule has 2 N–H and O–H groups in total. The van der Waals surface area contributed by atoms with Crippen LogP contribution in [0.5, 0.6) is 0 Å². The lowest BCUT2D eigenvalue weighted by Crippen LogP contribution is -2.41. The summed E-state index contributed by atoms with van der Waals surface area (Å²) in [6, 6.07) is 6.17. The Morgan fingerprint density at radius 2 is 2.10 bits per heavy atom. The molecule has 0 saturated carbocycles. The SMILES string of the molecule is O=C(CCN1CCCCC1CCO)Nc1ccc(F)cc1. The van der Waals surface area contributed by atoms with E-state index in [9.17, 15) is 9.18 Å². The van der Waals surface area contributed by atoms with Gasteiger partial charge in [-0.3, -0.25) is 9.69 Å². The molecule has 2 rings (SSSR count). The Kier molecular flexibility index (Phi) is 6.14. The van der Waals surface area contributed by atoms with Gasteiger partial charge in [0.25, 0.3) is 0 Å². The topological polar surface area (TPSA) is 52.6 Å². The molecule has 1 unspecified atom stereocenters. The van der Waals surface area contributed by atoms with Crippen LogP contribution >= 0.6 is 0 Å². The van der Waals surface area contributed by atoms with Crippen molar-refractivity contribution in [3.05, 3.63) is 30.1 Å². The molecule has 1 heterocycles. The average molecular weight is 294 g/mol. The van der Waals surface area contributed by atoms with Gasteiger partial charge in [0.1, 0.15) is 5.82 Å². The molecular weight excluding hydrogens is 271 g/mol. The number of nitrogens with zero attached hydrogens (tertiary/aromatic N) is 1. The van der Waals surface area contributed by atoms with E-state index in [0.29, 0.717) is 24.7 Å². The van der Waals surface area contributed by atoms with Gasteiger partial charge in [-0.1, -0.05) is 6.42 Å². The van der Waals surface area contributed by atoms with Crippen molar-refractivity contribution in [2.75, 3.05) is 25.0 Å². The van der Waals surface area contributed by atoms with Crippen molar-refractivity contribution in [1.82, 2.24) is 4.90 Å². The normalized spacial score (nSPS) is 19.4. The van der Waals surface area contributed by atoms with E-state index < -0.39 is 0 Å². The first-order valence-corrected chi connectivity index (χ1v) is 7.59. The van der Waals surface area contributed by atoms with E-state index in [0.717, 1.165) is 25.8 Å². The fraction of sp³-hybridized carbons (Fsp3) is 0.562. The highest BCUT2D eigenvalue weighted by molar-refractivity contribution is 5.90. The predicted octanol–water partition coefficient (Wildman–Crippen LogP) is 2.39. The van der Waals surface area contributed by atoms with Gasteiger partial charge < -0.3 is 10.4 Å². The van der Waals surface area contributed by atoms with Crippen molar-refractivity contribution in [2.24, 2.45) is 0 Å². The Morgan fingerprint density at radius 3 is 2.81 bits per heavy atom. The Morgan fingerprint density at radius 1 is 1.33 bits per heavy atom. The number of piperidine rings is 1. The van der Waals surface area contributed by atoms with Gasteiger partial charge in [-0.05, 0) is 50.1 Å². The van der Waals surface area contributed by atoms with E-state index in [1.165, 1.54) is 18.6 Å². The minimum Gasteiger partial charge on any atom is -0.396 e. The third-order valence-electron chi connectivity index (χ3n) is 3.97. The van der Waals surface area contributed by atoms with Crippen molar-refractivity contribution in [2.45, 2.75) is 38.1 Å². The quantitative estimate of drug-likeness (QED) is 0.847. The summed E-state index contributed by atoms with van der Waals surface area (Å²) < 4.78 is 12.8. The summed E-state index contributed by atoms with van der Waals surface area (Å²) in [5, 5.41) is 11.9. The van der Waals surface area contributed by atoms with Crippen molar-refractivity contribution in [3.8, 4) is 0 Å². The smallest absolute Gasteiger partial charge is 0.225 e. The molecule has 1 fully saturated rings. The van der Waals surface area contributed by atoms with Crippen molar-refractivity contribution >= 4 is 11.6 Å². The standard InChI is InChI=1S/C16H23FN2O2/c17-13-4-6-14(7-5-13)18-16(21)8-11-19-10-2-1-3-15(19)9-12-20/h4-7,15,20H,1-3,8-12H2,(H,18,21). The number of likely N-dealkylation sites (tertiary alicyclic amines) is 1. The average Bonchev–Trinajstić information content (AvgIpc) is 2.49. The van der Waals surface area contributed by atoms with Crippen LogP contribution in [0.4, 0.5) is 10.1 Å². The molecule has 4 nitrogen and oxygen atoms in total. The number of amides is 1. The summed E-state index contributed by atoms with van der Waals surface area (Å²) in [6.45, 7) is 1.90. The Bertz CT molecular complexity index is 448. The number of rotatable bonds is 6. The predicted molar refractivity (Wildman–Crippen MR) is 80.6 cm³/mol. The molecule has 1 aliphatic heterocycles. The molecule has 116 valence electrons. The molecular formula is C16H23FN2O2. The molecule has 1 aliphatic rings. The zero-order chi connectivity index (χ0) is 15.1. The lowest BCUT2D eigenvalue weighted by Gasteiger charge is -2.35. The van der Waals surface area contributed by atoms with Crippen LogP contribution in [0.3, 0.4) is 0 Å². The Hall–Kier alpha value is -1.46. The van der Waals surface area contributed by atoms with E-state index in [4.69, 9.17) is 5.11 Å². The third-order valence-corrected chi connectivity index (χ3v) is 3.97. The van der Waals surface area contributed by atoms with Gasteiger partial charge in [0.15, 0.2) is 0 Å². The van der Waals surface area contributed by atoms with E-state index in [-0.39, 0.29) is 18.3 Å². The van der Waals surface area contributed by atoms with Gasteiger partial charge in [-0.2, -0.15) is 0 Å². The van der Waals surface area contributed by atoms with Crippen LogP contribution in [0.15, 0.2) is 24.3 Å². The van der Waals surface area contributed by atoms with E-state index in [2.05, 4.69) is 10.2 Å². The van der Waals surface area contributed by atoms with Crippen LogP contribution in [0.25, 0.3) is 0 Å². The summed E-state index contributed by atoms with van der Waals surface area (Å²) in [4.78, 5) is 14.2. The summed E-state index contributed by atoms with van der Waals surface area (Å²) >= 11 is 0. The Balaban J connectivity index is 1.78. The van der Waals surface area contributed by atoms with Gasteiger partial charge in [-0.25, -0.2) is 4.39 Å². The molecule has 1 atom stereocenters. The van der Waals surface area contributed by atoms with Crippen molar-refractivity contribution in [1.29, 1.82) is 0 Å². The minimum atomic E-state index is -0.312. The molecule has 0 spiro atoms. The largest absolute Gasteiger partial charge is 0.396 e. The van der Waals surface area contributed by atoms with Gasteiger partial charge in [0.05, 0.1) is 0 Å². The number of benzene rings is 1. The zero-order valence-corrected chi connectivity index (χ0v) is 12.2. The van der Waals surface area contributed by atoms with Crippen LogP contribution in [-0.2, 0) is 4.79 Å². The van der Waals surface area contributed by atoms with Gasteiger partial charge in [0.2, 0.25) is 5.91 Å². The monoisotopic (exact) mass is 294 g/mol. The lowest BCUT2D eigenvalue weighted by molar-refractivity contribution is -0.116. The molecule has 1 saturated heterocycles. The molecule has 0 radical (unpaired) electrons. The number of anilines is 1. The highest BCUT2D eigenvalue weighted by Gasteiger charge is 2.22. The highest BCUT2D eigenvalue weighted by Crippen LogP contribution is 2.19. The highest BCUT2D eigenvalue weighted by atomic mass is 19.1. The number of carbonyl (C=O) groups excluding carboxylic acids is 1. The first-order valence-electron chi connectivity index (χ1n) is 7.59. The lowest BCUT2D eigenvalue weighted by atomic mass is 9.99. The van der Waals surface area contributed by atoms with E-state index in [1.807, 2.05) is 0 Å². The van der Waals surface area contributed by atoms with Crippen LogP contribution < -0.4 is 5.32 Å². The fourth-order valence-electron chi connectivity index (χ4n) is 2.83. The maximum atomic E-state index is 12.8. The second-order valence-electron chi connectivity index (χ2n) is 5.50. The molecule has 5 heteroatoms. The molecule has 0 aliphatic carbocycles. The third kappa shape index (κ3) is 5.10. The van der Waals surface area contributed by atoms with Crippen molar-refractivity contribution < 1.29 is 14.3 Å². The summed E-state index contributed by atoms with van der Waals surface area (Å²) in [7, 11) is 0. The summed E-state index contributed by atoms with van der Waals surface area (Å²) in [5.74, 6) is -0.372. The molecule has 21 heavy (non-hydrogen) atoms. The van der Waals surface area contributed by atoms with Gasteiger partial charge in [-0.15, -0.1) is 0 Å².